The Labute approximate surface area is 151 Å². The maximum Gasteiger partial charge on any atom is 0.408 e. The van der Waals surface area contributed by atoms with Gasteiger partial charge in [-0.2, -0.15) is 0 Å². The molecule has 26 heavy (non-hydrogen) atoms. The number of imide groups is 1. The number of hydrogen-bond acceptors (Lipinski definition) is 5. The van der Waals surface area contributed by atoms with E-state index in [4.69, 9.17) is 4.74 Å². The Kier molecular flexibility index (Phi) is 5.97. The van der Waals surface area contributed by atoms with Crippen LogP contribution in [0.15, 0.2) is 24.3 Å². The van der Waals surface area contributed by atoms with Gasteiger partial charge in [-0.3, -0.25) is 19.7 Å². The average Bonchev–Trinajstić information content (AvgIpc) is 2.52. The van der Waals surface area contributed by atoms with E-state index in [9.17, 15) is 19.2 Å². The summed E-state index contributed by atoms with van der Waals surface area (Å²) < 4.78 is 5.05. The molecule has 1 unspecified atom stereocenters. The highest BCUT2D eigenvalue weighted by molar-refractivity contribution is 6.01. The monoisotopic (exact) mass is 361 g/mol. The van der Waals surface area contributed by atoms with Crippen molar-refractivity contribution in [1.29, 1.82) is 0 Å². The number of nitrogens with one attached hydrogen (secondary N) is 3. The first kappa shape index (κ1) is 19.4. The van der Waals surface area contributed by atoms with Crippen LogP contribution >= 0.6 is 0 Å². The molecule has 1 aliphatic rings. The number of piperidine rings is 1. The third-order valence-corrected chi connectivity index (χ3v) is 3.63. The van der Waals surface area contributed by atoms with Crippen LogP contribution < -0.4 is 16.0 Å². The highest BCUT2D eigenvalue weighted by Crippen LogP contribution is 2.25. The van der Waals surface area contributed by atoms with E-state index in [1.165, 1.54) is 0 Å². The van der Waals surface area contributed by atoms with Gasteiger partial charge in [0.2, 0.25) is 17.7 Å². The molecule has 4 amide bonds. The number of anilines is 1. The molecule has 0 bridgehead atoms. The molecule has 1 atom stereocenters. The van der Waals surface area contributed by atoms with Gasteiger partial charge in [0.1, 0.15) is 12.1 Å². The zero-order chi connectivity index (χ0) is 19.3. The van der Waals surface area contributed by atoms with Crippen molar-refractivity contribution in [3.05, 3.63) is 29.8 Å². The number of alkyl carbamates (subject to hydrolysis) is 1. The van der Waals surface area contributed by atoms with Crippen molar-refractivity contribution < 1.29 is 23.9 Å². The minimum absolute atomic E-state index is 0.218. The Morgan fingerprint density at radius 3 is 2.42 bits per heavy atom. The molecule has 1 aromatic rings. The van der Waals surface area contributed by atoms with Gasteiger partial charge in [-0.25, -0.2) is 4.79 Å². The normalized spacial score (nSPS) is 17.3. The lowest BCUT2D eigenvalue weighted by molar-refractivity contribution is -0.134. The zero-order valence-electron chi connectivity index (χ0n) is 15.0. The van der Waals surface area contributed by atoms with Crippen LogP contribution in [-0.4, -0.2) is 36.0 Å². The van der Waals surface area contributed by atoms with Crippen molar-refractivity contribution in [2.45, 2.75) is 45.1 Å². The van der Waals surface area contributed by atoms with E-state index >= 15 is 0 Å². The second kappa shape index (κ2) is 7.99. The van der Waals surface area contributed by atoms with Crippen LogP contribution in [0.2, 0.25) is 0 Å². The summed E-state index contributed by atoms with van der Waals surface area (Å²) in [6.07, 6.45) is 0.113. The molecule has 1 aromatic carbocycles. The second-order valence-electron chi connectivity index (χ2n) is 7.03. The molecule has 0 aromatic heterocycles. The van der Waals surface area contributed by atoms with Gasteiger partial charge in [0.25, 0.3) is 0 Å². The number of carbonyl (C=O) groups is 4. The Bertz CT molecular complexity index is 707. The Morgan fingerprint density at radius 2 is 1.85 bits per heavy atom. The molecule has 0 radical (unpaired) electrons. The van der Waals surface area contributed by atoms with E-state index in [0.29, 0.717) is 18.5 Å². The first-order valence-electron chi connectivity index (χ1n) is 8.34. The van der Waals surface area contributed by atoms with Crippen LogP contribution in [0, 0.1) is 0 Å². The molecule has 0 spiro atoms. The number of hydrogen-bond donors (Lipinski definition) is 3. The first-order valence-corrected chi connectivity index (χ1v) is 8.34. The molecule has 140 valence electrons. The third-order valence-electron chi connectivity index (χ3n) is 3.63. The molecule has 0 saturated carbocycles. The lowest BCUT2D eigenvalue weighted by Crippen LogP contribution is -2.39. The number of carbonyl (C=O) groups excluding carboxylic acids is 4. The summed E-state index contributed by atoms with van der Waals surface area (Å²) in [5, 5.41) is 7.34. The highest BCUT2D eigenvalue weighted by atomic mass is 16.6. The van der Waals surface area contributed by atoms with Crippen molar-refractivity contribution in [1.82, 2.24) is 10.6 Å². The fraction of sp³-hybridized carbons (Fsp3) is 0.444. The van der Waals surface area contributed by atoms with Gasteiger partial charge >= 0.3 is 6.09 Å². The summed E-state index contributed by atoms with van der Waals surface area (Å²) >= 11 is 0. The summed E-state index contributed by atoms with van der Waals surface area (Å²) in [5.74, 6) is -1.33. The van der Waals surface area contributed by atoms with Crippen LogP contribution in [-0.2, 0) is 19.1 Å². The quantitative estimate of drug-likeness (QED) is 0.706. The summed E-state index contributed by atoms with van der Waals surface area (Å²) in [5.41, 5.74) is 0.684. The molecule has 1 aliphatic heterocycles. The fourth-order valence-electron chi connectivity index (χ4n) is 2.48. The van der Waals surface area contributed by atoms with Crippen LogP contribution in [0.1, 0.15) is 45.1 Å². The molecule has 0 aliphatic carbocycles. The Hall–Kier alpha value is -2.90. The van der Waals surface area contributed by atoms with Crippen molar-refractivity contribution >= 4 is 29.5 Å². The minimum Gasteiger partial charge on any atom is -0.444 e. The predicted molar refractivity (Wildman–Crippen MR) is 94.4 cm³/mol. The summed E-state index contributed by atoms with van der Waals surface area (Å²) in [4.78, 5) is 46.4. The van der Waals surface area contributed by atoms with E-state index in [1.807, 2.05) is 0 Å². The molecular weight excluding hydrogens is 338 g/mol. The van der Waals surface area contributed by atoms with Crippen molar-refractivity contribution in [2.75, 3.05) is 11.9 Å². The maximum absolute atomic E-state index is 11.9. The fourth-order valence-corrected chi connectivity index (χ4v) is 2.48. The number of amides is 4. The van der Waals surface area contributed by atoms with Gasteiger partial charge in [0.05, 0.1) is 5.92 Å². The molecule has 3 N–H and O–H groups in total. The maximum atomic E-state index is 11.9. The largest absolute Gasteiger partial charge is 0.444 e. The number of ether oxygens (including phenoxy) is 1. The number of benzene rings is 1. The average molecular weight is 361 g/mol. The highest BCUT2D eigenvalue weighted by Gasteiger charge is 2.27. The van der Waals surface area contributed by atoms with Crippen LogP contribution in [0.4, 0.5) is 10.5 Å². The van der Waals surface area contributed by atoms with Gasteiger partial charge < -0.3 is 15.4 Å². The third kappa shape index (κ3) is 5.87. The Morgan fingerprint density at radius 1 is 1.19 bits per heavy atom. The van der Waals surface area contributed by atoms with E-state index in [0.717, 1.165) is 5.56 Å². The van der Waals surface area contributed by atoms with E-state index < -0.39 is 17.6 Å². The first-order chi connectivity index (χ1) is 12.1. The molecule has 2 rings (SSSR count). The predicted octanol–water partition coefficient (Wildman–Crippen LogP) is 1.67. The van der Waals surface area contributed by atoms with Crippen LogP contribution in [0.25, 0.3) is 0 Å². The van der Waals surface area contributed by atoms with Gasteiger partial charge in [-0.1, -0.05) is 12.1 Å². The van der Waals surface area contributed by atoms with E-state index in [1.54, 1.807) is 45.0 Å². The van der Waals surface area contributed by atoms with Crippen molar-refractivity contribution in [3.63, 3.8) is 0 Å². The number of rotatable bonds is 4. The smallest absolute Gasteiger partial charge is 0.408 e. The molecule has 8 nitrogen and oxygen atoms in total. The van der Waals surface area contributed by atoms with Gasteiger partial charge in [0, 0.05) is 12.1 Å². The van der Waals surface area contributed by atoms with Crippen LogP contribution in [0.3, 0.4) is 0 Å². The summed E-state index contributed by atoms with van der Waals surface area (Å²) in [6, 6.07) is 6.81. The standard InChI is InChI=1S/C18H23N3O5/c1-18(2,3)26-17(25)19-10-15(23)20-12-6-4-11(5-7-12)13-8-9-14(22)21-16(13)24/h4-7,13H,8-10H2,1-3H3,(H,19,25)(H,20,23)(H,21,22,24). The molecule has 8 heteroatoms. The second-order valence-corrected chi connectivity index (χ2v) is 7.03. The van der Waals surface area contributed by atoms with Gasteiger partial charge in [-0.05, 0) is 44.9 Å². The van der Waals surface area contributed by atoms with E-state index in [-0.39, 0.29) is 24.3 Å². The van der Waals surface area contributed by atoms with Crippen LogP contribution in [0.5, 0.6) is 0 Å². The molecule has 1 fully saturated rings. The zero-order valence-corrected chi connectivity index (χ0v) is 15.0. The van der Waals surface area contributed by atoms with E-state index in [2.05, 4.69) is 16.0 Å². The topological polar surface area (TPSA) is 114 Å². The lowest BCUT2D eigenvalue weighted by Gasteiger charge is -2.21. The van der Waals surface area contributed by atoms with Gasteiger partial charge in [0.15, 0.2) is 0 Å². The Balaban J connectivity index is 1.85. The molecule has 1 saturated heterocycles. The molecule has 1 heterocycles. The van der Waals surface area contributed by atoms with Crippen molar-refractivity contribution in [2.24, 2.45) is 0 Å². The molecular formula is C18H23N3O5. The van der Waals surface area contributed by atoms with Gasteiger partial charge in [-0.15, -0.1) is 0 Å². The summed E-state index contributed by atoms with van der Waals surface area (Å²) in [7, 11) is 0. The summed E-state index contributed by atoms with van der Waals surface area (Å²) in [6.45, 7) is 4.98. The lowest BCUT2D eigenvalue weighted by atomic mass is 9.90. The van der Waals surface area contributed by atoms with Crippen molar-refractivity contribution in [3.8, 4) is 0 Å². The minimum atomic E-state index is -0.666. The SMILES string of the molecule is CC(C)(C)OC(=O)NCC(=O)Nc1ccc(C2CCC(=O)NC2=O)cc1.